The maximum atomic E-state index is 5.54. The van der Waals surface area contributed by atoms with Crippen LogP contribution in [0.15, 0.2) is 52.9 Å². The molecule has 0 spiro atoms. The van der Waals surface area contributed by atoms with E-state index in [1.54, 1.807) is 0 Å². The van der Waals surface area contributed by atoms with Crippen LogP contribution in [0, 0.1) is 0 Å². The van der Waals surface area contributed by atoms with E-state index < -0.39 is 0 Å². The number of aryl methyl sites for hydroxylation is 2. The van der Waals surface area contributed by atoms with E-state index in [1.165, 1.54) is 11.1 Å². The fraction of sp³-hybridized carbons (Fsp3) is 0.188. The molecule has 0 aliphatic rings. The zero-order chi connectivity index (χ0) is 13.1. The SMILES string of the molecule is Nc1nc2ccc(CCCc3ccccc3)cc2o1. The topological polar surface area (TPSA) is 52.0 Å². The molecule has 3 rings (SSSR count). The molecule has 0 aliphatic carbocycles. The van der Waals surface area contributed by atoms with Crippen molar-refractivity contribution in [3.8, 4) is 0 Å². The van der Waals surface area contributed by atoms with Crippen LogP contribution in [0.3, 0.4) is 0 Å². The van der Waals surface area contributed by atoms with Gasteiger partial charge in [-0.1, -0.05) is 36.4 Å². The molecule has 96 valence electrons. The van der Waals surface area contributed by atoms with Crippen molar-refractivity contribution >= 4 is 17.1 Å². The minimum absolute atomic E-state index is 0.233. The summed E-state index contributed by atoms with van der Waals surface area (Å²) < 4.78 is 5.34. The summed E-state index contributed by atoms with van der Waals surface area (Å²) in [5, 5.41) is 0. The molecule has 3 heteroatoms. The number of nitrogens with two attached hydrogens (primary N) is 1. The van der Waals surface area contributed by atoms with E-state index in [9.17, 15) is 0 Å². The first-order valence-corrected chi connectivity index (χ1v) is 6.50. The summed E-state index contributed by atoms with van der Waals surface area (Å²) in [6.07, 6.45) is 3.25. The second kappa shape index (κ2) is 5.14. The minimum atomic E-state index is 0.233. The summed E-state index contributed by atoms with van der Waals surface area (Å²) >= 11 is 0. The van der Waals surface area contributed by atoms with Crippen molar-refractivity contribution in [2.75, 3.05) is 5.73 Å². The number of nitrogen functional groups attached to an aromatic ring is 1. The third-order valence-corrected chi connectivity index (χ3v) is 3.24. The van der Waals surface area contributed by atoms with E-state index in [-0.39, 0.29) is 6.01 Å². The summed E-state index contributed by atoms with van der Waals surface area (Å²) in [7, 11) is 0. The second-order valence-corrected chi connectivity index (χ2v) is 4.69. The normalized spacial score (nSPS) is 10.9. The number of hydrogen-bond donors (Lipinski definition) is 1. The lowest BCUT2D eigenvalue weighted by Crippen LogP contribution is -1.89. The van der Waals surface area contributed by atoms with Gasteiger partial charge in [-0.25, -0.2) is 0 Å². The Morgan fingerprint density at radius 1 is 0.947 bits per heavy atom. The predicted molar refractivity (Wildman–Crippen MR) is 76.9 cm³/mol. The van der Waals surface area contributed by atoms with Gasteiger partial charge in [-0.05, 0) is 42.5 Å². The molecule has 0 atom stereocenters. The number of fused-ring (bicyclic) bond motifs is 1. The Labute approximate surface area is 112 Å². The van der Waals surface area contributed by atoms with Gasteiger partial charge in [-0.15, -0.1) is 0 Å². The number of aromatic nitrogens is 1. The lowest BCUT2D eigenvalue weighted by Gasteiger charge is -2.02. The van der Waals surface area contributed by atoms with Gasteiger partial charge >= 0.3 is 0 Å². The van der Waals surface area contributed by atoms with Gasteiger partial charge in [0.1, 0.15) is 5.52 Å². The van der Waals surface area contributed by atoms with E-state index in [2.05, 4.69) is 35.3 Å². The third-order valence-electron chi connectivity index (χ3n) is 3.24. The van der Waals surface area contributed by atoms with E-state index in [1.807, 2.05) is 18.2 Å². The molecule has 19 heavy (non-hydrogen) atoms. The smallest absolute Gasteiger partial charge is 0.292 e. The van der Waals surface area contributed by atoms with Gasteiger partial charge in [0.2, 0.25) is 0 Å². The first-order chi connectivity index (χ1) is 9.31. The van der Waals surface area contributed by atoms with Crippen LogP contribution in [0.1, 0.15) is 17.5 Å². The van der Waals surface area contributed by atoms with Crippen molar-refractivity contribution in [2.24, 2.45) is 0 Å². The molecule has 0 unspecified atom stereocenters. The third kappa shape index (κ3) is 2.76. The molecule has 3 aromatic rings. The lowest BCUT2D eigenvalue weighted by molar-refractivity contribution is 0.625. The number of oxazole rings is 1. The Morgan fingerprint density at radius 3 is 2.58 bits per heavy atom. The van der Waals surface area contributed by atoms with Crippen LogP contribution >= 0.6 is 0 Å². The fourth-order valence-electron chi connectivity index (χ4n) is 2.28. The molecule has 1 aromatic heterocycles. The monoisotopic (exact) mass is 252 g/mol. The van der Waals surface area contributed by atoms with Crippen molar-refractivity contribution in [2.45, 2.75) is 19.3 Å². The van der Waals surface area contributed by atoms with Gasteiger partial charge in [0.25, 0.3) is 6.01 Å². The van der Waals surface area contributed by atoms with E-state index in [0.29, 0.717) is 0 Å². The van der Waals surface area contributed by atoms with Crippen LogP contribution in [0.2, 0.25) is 0 Å². The van der Waals surface area contributed by atoms with Crippen LogP contribution in [0.4, 0.5) is 6.01 Å². The highest BCUT2D eigenvalue weighted by atomic mass is 16.4. The summed E-state index contributed by atoms with van der Waals surface area (Å²) in [5.41, 5.74) is 9.78. The summed E-state index contributed by atoms with van der Waals surface area (Å²) in [6.45, 7) is 0. The Hall–Kier alpha value is -2.29. The van der Waals surface area contributed by atoms with Crippen LogP contribution in [0.5, 0.6) is 0 Å². The zero-order valence-corrected chi connectivity index (χ0v) is 10.7. The molecule has 2 N–H and O–H groups in total. The highest BCUT2D eigenvalue weighted by Crippen LogP contribution is 2.19. The lowest BCUT2D eigenvalue weighted by atomic mass is 10.0. The Bertz CT molecular complexity index is 674. The van der Waals surface area contributed by atoms with E-state index >= 15 is 0 Å². The number of nitrogens with zero attached hydrogens (tertiary/aromatic N) is 1. The van der Waals surface area contributed by atoms with Crippen LogP contribution in [-0.2, 0) is 12.8 Å². The number of benzene rings is 2. The minimum Gasteiger partial charge on any atom is -0.424 e. The molecule has 2 aromatic carbocycles. The van der Waals surface area contributed by atoms with E-state index in [0.717, 1.165) is 30.4 Å². The van der Waals surface area contributed by atoms with Gasteiger partial charge in [-0.2, -0.15) is 4.98 Å². The zero-order valence-electron chi connectivity index (χ0n) is 10.7. The van der Waals surface area contributed by atoms with Gasteiger partial charge < -0.3 is 10.2 Å². The molecule has 0 amide bonds. The van der Waals surface area contributed by atoms with Crippen molar-refractivity contribution < 1.29 is 4.42 Å². The predicted octanol–water partition coefficient (Wildman–Crippen LogP) is 3.59. The average molecular weight is 252 g/mol. The van der Waals surface area contributed by atoms with E-state index in [4.69, 9.17) is 10.2 Å². The molecule has 1 heterocycles. The number of hydrogen-bond acceptors (Lipinski definition) is 3. The standard InChI is InChI=1S/C16H16N2O/c17-16-18-14-10-9-13(11-15(14)19-16)8-4-7-12-5-2-1-3-6-12/h1-3,5-6,9-11H,4,7-8H2,(H2,17,18). The summed E-state index contributed by atoms with van der Waals surface area (Å²) in [4.78, 5) is 4.09. The van der Waals surface area contributed by atoms with Crippen LogP contribution in [-0.4, -0.2) is 4.98 Å². The van der Waals surface area contributed by atoms with Crippen molar-refractivity contribution in [3.63, 3.8) is 0 Å². The average Bonchev–Trinajstić information content (AvgIpc) is 2.79. The molecule has 0 fully saturated rings. The first kappa shape index (κ1) is 11.8. The van der Waals surface area contributed by atoms with Crippen molar-refractivity contribution in [1.29, 1.82) is 0 Å². The first-order valence-electron chi connectivity index (χ1n) is 6.50. The summed E-state index contributed by atoms with van der Waals surface area (Å²) in [6, 6.07) is 16.9. The Balaban J connectivity index is 1.65. The maximum absolute atomic E-state index is 5.54. The Morgan fingerprint density at radius 2 is 1.74 bits per heavy atom. The van der Waals surface area contributed by atoms with Gasteiger partial charge in [-0.3, -0.25) is 0 Å². The Kier molecular flexibility index (Phi) is 3.19. The second-order valence-electron chi connectivity index (χ2n) is 4.69. The molecule has 0 saturated carbocycles. The highest BCUT2D eigenvalue weighted by molar-refractivity contribution is 5.74. The molecule has 0 bridgehead atoms. The van der Waals surface area contributed by atoms with Crippen molar-refractivity contribution in [3.05, 3.63) is 59.7 Å². The number of anilines is 1. The molecule has 0 radical (unpaired) electrons. The van der Waals surface area contributed by atoms with Gasteiger partial charge in [0, 0.05) is 0 Å². The molecular formula is C16H16N2O. The molecule has 0 aliphatic heterocycles. The van der Waals surface area contributed by atoms with Gasteiger partial charge in [0.05, 0.1) is 0 Å². The summed E-state index contributed by atoms with van der Waals surface area (Å²) in [5.74, 6) is 0. The molecule has 0 saturated heterocycles. The van der Waals surface area contributed by atoms with Crippen molar-refractivity contribution in [1.82, 2.24) is 4.98 Å². The van der Waals surface area contributed by atoms with Crippen LogP contribution < -0.4 is 5.73 Å². The van der Waals surface area contributed by atoms with Gasteiger partial charge in [0.15, 0.2) is 5.58 Å². The quantitative estimate of drug-likeness (QED) is 0.772. The fourth-order valence-corrected chi connectivity index (χ4v) is 2.28. The maximum Gasteiger partial charge on any atom is 0.292 e. The molecular weight excluding hydrogens is 236 g/mol. The number of rotatable bonds is 4. The molecule has 3 nitrogen and oxygen atoms in total. The largest absolute Gasteiger partial charge is 0.424 e. The van der Waals surface area contributed by atoms with Crippen LogP contribution in [0.25, 0.3) is 11.1 Å². The highest BCUT2D eigenvalue weighted by Gasteiger charge is 2.03.